The minimum absolute atomic E-state index is 0.0652. The number of methoxy groups -OCH3 is 1. The maximum atomic E-state index is 11.9. The first-order valence-corrected chi connectivity index (χ1v) is 6.49. The molecule has 1 unspecified atom stereocenters. The van der Waals surface area contributed by atoms with Gasteiger partial charge < -0.3 is 9.64 Å². The molecule has 1 aliphatic heterocycles. The Morgan fingerprint density at radius 1 is 1.47 bits per heavy atom. The predicted molar refractivity (Wildman–Crippen MR) is 72.1 cm³/mol. The van der Waals surface area contributed by atoms with E-state index in [9.17, 15) is 9.59 Å². The summed E-state index contributed by atoms with van der Waals surface area (Å²) in [5, 5.41) is 0. The summed E-state index contributed by atoms with van der Waals surface area (Å²) in [5.41, 5.74) is 3.26. The van der Waals surface area contributed by atoms with Crippen LogP contribution < -0.4 is 0 Å². The van der Waals surface area contributed by atoms with Crippen molar-refractivity contribution < 1.29 is 14.3 Å². The van der Waals surface area contributed by atoms with Crippen LogP contribution in [0.2, 0.25) is 0 Å². The number of allylic oxidation sites excluding steroid dienone is 5. The highest BCUT2D eigenvalue weighted by Crippen LogP contribution is 2.35. The molecule has 1 atom stereocenters. The largest absolute Gasteiger partial charge is 0.469 e. The van der Waals surface area contributed by atoms with Gasteiger partial charge >= 0.3 is 5.97 Å². The van der Waals surface area contributed by atoms with Crippen LogP contribution in [0.1, 0.15) is 26.2 Å². The third-order valence-corrected chi connectivity index (χ3v) is 3.76. The molecule has 0 aromatic rings. The third kappa shape index (κ3) is 2.62. The first-order chi connectivity index (χ1) is 9.04. The van der Waals surface area contributed by atoms with E-state index in [4.69, 9.17) is 0 Å². The highest BCUT2D eigenvalue weighted by Gasteiger charge is 2.34. The van der Waals surface area contributed by atoms with Crippen molar-refractivity contribution in [2.24, 2.45) is 5.92 Å². The van der Waals surface area contributed by atoms with Gasteiger partial charge in [-0.2, -0.15) is 0 Å². The molecule has 0 bridgehead atoms. The van der Waals surface area contributed by atoms with Crippen molar-refractivity contribution in [1.82, 2.24) is 4.90 Å². The molecule has 1 saturated heterocycles. The van der Waals surface area contributed by atoms with Crippen molar-refractivity contribution in [3.05, 3.63) is 35.1 Å². The van der Waals surface area contributed by atoms with Crippen molar-refractivity contribution in [3.63, 3.8) is 0 Å². The molecule has 4 heteroatoms. The summed E-state index contributed by atoms with van der Waals surface area (Å²) in [6, 6.07) is 0. The molecule has 0 saturated carbocycles. The van der Waals surface area contributed by atoms with Crippen LogP contribution in [-0.4, -0.2) is 30.9 Å². The van der Waals surface area contributed by atoms with Crippen LogP contribution in [0, 0.1) is 5.92 Å². The van der Waals surface area contributed by atoms with E-state index in [0.717, 1.165) is 17.7 Å². The maximum absolute atomic E-state index is 11.9. The lowest BCUT2D eigenvalue weighted by molar-refractivity contribution is -0.140. The number of fused-ring (bicyclic) bond motifs is 1. The van der Waals surface area contributed by atoms with Crippen molar-refractivity contribution in [3.8, 4) is 0 Å². The first kappa shape index (κ1) is 13.6. The second-order valence-corrected chi connectivity index (χ2v) is 4.94. The van der Waals surface area contributed by atoms with Crippen LogP contribution in [0.5, 0.6) is 0 Å². The molecule has 2 rings (SSSR count). The third-order valence-electron chi connectivity index (χ3n) is 3.76. The maximum Gasteiger partial charge on any atom is 0.305 e. The fourth-order valence-electron chi connectivity index (χ4n) is 2.50. The lowest BCUT2D eigenvalue weighted by Crippen LogP contribution is -2.20. The van der Waals surface area contributed by atoms with Crippen molar-refractivity contribution >= 4 is 11.9 Å². The Morgan fingerprint density at radius 2 is 2.21 bits per heavy atom. The Kier molecular flexibility index (Phi) is 3.88. The Balaban J connectivity index is 2.13. The van der Waals surface area contributed by atoms with Gasteiger partial charge in [0, 0.05) is 19.2 Å². The summed E-state index contributed by atoms with van der Waals surface area (Å²) in [6.45, 7) is 1.94. The van der Waals surface area contributed by atoms with Gasteiger partial charge in [0.05, 0.1) is 13.0 Å². The van der Waals surface area contributed by atoms with E-state index in [1.807, 2.05) is 19.1 Å². The number of carbonyl (C=O) groups excluding carboxylic acids is 2. The standard InChI is InChI=1S/C15H19NO3/c1-10-12-7-4-11(6-9-14(17)19-3)5-8-13(12)16(2)15(10)18/h5,7-8,10H,4,6,9H2,1-3H3. The van der Waals surface area contributed by atoms with Gasteiger partial charge in [0.2, 0.25) is 5.91 Å². The van der Waals surface area contributed by atoms with E-state index < -0.39 is 0 Å². The monoisotopic (exact) mass is 261 g/mol. The van der Waals surface area contributed by atoms with Gasteiger partial charge in [0.25, 0.3) is 0 Å². The van der Waals surface area contributed by atoms with Gasteiger partial charge in [-0.15, -0.1) is 0 Å². The molecular weight excluding hydrogens is 242 g/mol. The molecule has 0 aromatic heterocycles. The average molecular weight is 261 g/mol. The van der Waals surface area contributed by atoms with E-state index in [2.05, 4.69) is 10.8 Å². The van der Waals surface area contributed by atoms with Gasteiger partial charge in [0.15, 0.2) is 0 Å². The molecule has 1 fully saturated rings. The number of likely N-dealkylation sites (tertiary alicyclic amines) is 1. The van der Waals surface area contributed by atoms with Crippen LogP contribution in [0.4, 0.5) is 0 Å². The number of ether oxygens (including phenoxy) is 1. The van der Waals surface area contributed by atoms with Gasteiger partial charge in [-0.3, -0.25) is 9.59 Å². The SMILES string of the molecule is COC(=O)CCC1=CC=C2C(=CC1)C(C)C(=O)N2C. The second-order valence-electron chi connectivity index (χ2n) is 4.94. The lowest BCUT2D eigenvalue weighted by Gasteiger charge is -2.09. The van der Waals surface area contributed by atoms with Crippen LogP contribution in [0.3, 0.4) is 0 Å². The summed E-state index contributed by atoms with van der Waals surface area (Å²) in [6.07, 6.45) is 7.99. The number of likely N-dealkylation sites (N-methyl/N-ethyl adjacent to an activating group) is 1. The minimum Gasteiger partial charge on any atom is -0.469 e. The zero-order valence-corrected chi connectivity index (χ0v) is 11.6. The number of hydrogen-bond donors (Lipinski definition) is 0. The summed E-state index contributed by atoms with van der Waals surface area (Å²) in [4.78, 5) is 24.7. The molecular formula is C15H19NO3. The Hall–Kier alpha value is -1.84. The highest BCUT2D eigenvalue weighted by molar-refractivity contribution is 5.89. The predicted octanol–water partition coefficient (Wildman–Crippen LogP) is 2.19. The topological polar surface area (TPSA) is 46.6 Å². The molecule has 0 N–H and O–H groups in total. The minimum atomic E-state index is -0.189. The van der Waals surface area contributed by atoms with E-state index in [-0.39, 0.29) is 17.8 Å². The van der Waals surface area contributed by atoms with Crippen molar-refractivity contribution in [2.45, 2.75) is 26.2 Å². The Bertz CT molecular complexity index is 500. The van der Waals surface area contributed by atoms with Gasteiger partial charge in [0.1, 0.15) is 0 Å². The number of rotatable bonds is 3. The highest BCUT2D eigenvalue weighted by atomic mass is 16.5. The van der Waals surface area contributed by atoms with Crippen LogP contribution >= 0.6 is 0 Å². The molecule has 0 spiro atoms. The molecule has 1 amide bonds. The first-order valence-electron chi connectivity index (χ1n) is 6.49. The number of nitrogens with zero attached hydrogens (tertiary/aromatic N) is 1. The smallest absolute Gasteiger partial charge is 0.305 e. The van der Waals surface area contributed by atoms with E-state index >= 15 is 0 Å². The second kappa shape index (κ2) is 5.43. The molecule has 102 valence electrons. The van der Waals surface area contributed by atoms with Crippen molar-refractivity contribution in [1.29, 1.82) is 0 Å². The summed E-state index contributed by atoms with van der Waals surface area (Å²) in [5.74, 6) is -0.111. The summed E-state index contributed by atoms with van der Waals surface area (Å²) in [7, 11) is 3.21. The number of carbonyl (C=O) groups is 2. The fourth-order valence-corrected chi connectivity index (χ4v) is 2.50. The Labute approximate surface area is 113 Å². The summed E-state index contributed by atoms with van der Waals surface area (Å²) >= 11 is 0. The zero-order valence-electron chi connectivity index (χ0n) is 11.6. The van der Waals surface area contributed by atoms with Crippen molar-refractivity contribution in [2.75, 3.05) is 14.2 Å². The zero-order chi connectivity index (χ0) is 14.0. The molecule has 1 heterocycles. The van der Waals surface area contributed by atoms with Gasteiger partial charge in [-0.05, 0) is 31.4 Å². The summed E-state index contributed by atoms with van der Waals surface area (Å²) < 4.78 is 4.65. The van der Waals surface area contributed by atoms with Crippen LogP contribution in [0.25, 0.3) is 0 Å². The molecule has 0 radical (unpaired) electrons. The van der Waals surface area contributed by atoms with Gasteiger partial charge in [-0.25, -0.2) is 0 Å². The normalized spacial score (nSPS) is 22.3. The fraction of sp³-hybridized carbons (Fsp3) is 0.467. The average Bonchev–Trinajstić information content (AvgIpc) is 2.61. The molecule has 2 aliphatic rings. The molecule has 19 heavy (non-hydrogen) atoms. The quantitative estimate of drug-likeness (QED) is 0.732. The van der Waals surface area contributed by atoms with Gasteiger partial charge in [-0.1, -0.05) is 17.7 Å². The van der Waals surface area contributed by atoms with E-state index in [1.54, 1.807) is 11.9 Å². The molecule has 1 aliphatic carbocycles. The number of esters is 1. The lowest BCUT2D eigenvalue weighted by atomic mass is 10.0. The number of amides is 1. The molecule has 4 nitrogen and oxygen atoms in total. The molecule has 0 aromatic carbocycles. The van der Waals surface area contributed by atoms with E-state index in [0.29, 0.717) is 12.8 Å². The van der Waals surface area contributed by atoms with Crippen LogP contribution in [-0.2, 0) is 14.3 Å². The van der Waals surface area contributed by atoms with Crippen LogP contribution in [0.15, 0.2) is 35.1 Å². The van der Waals surface area contributed by atoms with E-state index in [1.165, 1.54) is 12.7 Å². The Morgan fingerprint density at radius 3 is 2.89 bits per heavy atom. The number of hydrogen-bond acceptors (Lipinski definition) is 3.